The number of hydrogen-bond acceptors (Lipinski definition) is 5. The monoisotopic (exact) mass is 287 g/mol. The summed E-state index contributed by atoms with van der Waals surface area (Å²) < 4.78 is 5.00. The van der Waals surface area contributed by atoms with Crippen LogP contribution in [0.4, 0.5) is 11.4 Å². The van der Waals surface area contributed by atoms with Crippen molar-refractivity contribution in [2.24, 2.45) is 0 Å². The van der Waals surface area contributed by atoms with E-state index in [0.29, 0.717) is 12.2 Å². The lowest BCUT2D eigenvalue weighted by Crippen LogP contribution is -2.13. The number of nitro groups is 1. The third kappa shape index (κ3) is 3.61. The van der Waals surface area contributed by atoms with E-state index in [1.54, 1.807) is 25.3 Å². The van der Waals surface area contributed by atoms with Crippen LogP contribution in [-0.4, -0.2) is 22.9 Å². The van der Waals surface area contributed by atoms with E-state index in [-0.39, 0.29) is 11.4 Å². The van der Waals surface area contributed by atoms with Gasteiger partial charge in [0.2, 0.25) is 0 Å². The van der Waals surface area contributed by atoms with Gasteiger partial charge in [0, 0.05) is 18.9 Å². The summed E-state index contributed by atoms with van der Waals surface area (Å²) in [5.74, 6) is -0.428. The van der Waals surface area contributed by atoms with Gasteiger partial charge in [-0.25, -0.2) is 0 Å². The molecule has 0 saturated heterocycles. The molecule has 0 bridgehead atoms. The van der Waals surface area contributed by atoms with Crippen molar-refractivity contribution in [1.82, 2.24) is 4.98 Å². The molecule has 0 fully saturated rings. The molecule has 0 saturated carbocycles. The predicted molar refractivity (Wildman–Crippen MR) is 76.0 cm³/mol. The van der Waals surface area contributed by atoms with E-state index in [9.17, 15) is 14.9 Å². The minimum atomic E-state index is -0.593. The molecule has 0 unspecified atom stereocenters. The van der Waals surface area contributed by atoms with Crippen molar-refractivity contribution in [2.45, 2.75) is 6.61 Å². The van der Waals surface area contributed by atoms with Gasteiger partial charge in [-0.2, -0.15) is 0 Å². The Labute approximate surface area is 120 Å². The molecule has 1 aromatic carbocycles. The zero-order chi connectivity index (χ0) is 15.2. The second-order valence-corrected chi connectivity index (χ2v) is 4.24. The van der Waals surface area contributed by atoms with Crippen LogP contribution in [0.1, 0.15) is 15.9 Å². The SMILES string of the molecule is COCc1cccc(C(=O)Nc2ccncc2[N+](=O)[O-])c1. The Kier molecular flexibility index (Phi) is 4.57. The van der Waals surface area contributed by atoms with Crippen molar-refractivity contribution in [3.05, 3.63) is 64.0 Å². The van der Waals surface area contributed by atoms with Gasteiger partial charge < -0.3 is 10.1 Å². The number of methoxy groups -OCH3 is 1. The molecule has 1 heterocycles. The molecule has 0 aliphatic carbocycles. The van der Waals surface area contributed by atoms with Crippen LogP contribution >= 0.6 is 0 Å². The first-order valence-electron chi connectivity index (χ1n) is 6.09. The number of carbonyl (C=O) groups is 1. The highest BCUT2D eigenvalue weighted by Gasteiger charge is 2.16. The van der Waals surface area contributed by atoms with Gasteiger partial charge in [-0.15, -0.1) is 0 Å². The van der Waals surface area contributed by atoms with Crippen LogP contribution in [0, 0.1) is 10.1 Å². The Morgan fingerprint density at radius 3 is 2.95 bits per heavy atom. The van der Waals surface area contributed by atoms with E-state index in [0.717, 1.165) is 11.8 Å². The summed E-state index contributed by atoms with van der Waals surface area (Å²) in [6, 6.07) is 8.24. The highest BCUT2D eigenvalue weighted by atomic mass is 16.6. The molecule has 1 N–H and O–H groups in total. The fourth-order valence-electron chi connectivity index (χ4n) is 1.80. The van der Waals surface area contributed by atoms with E-state index in [4.69, 9.17) is 4.74 Å². The number of nitrogens with zero attached hydrogens (tertiary/aromatic N) is 2. The van der Waals surface area contributed by atoms with E-state index in [1.165, 1.54) is 12.3 Å². The van der Waals surface area contributed by atoms with Crippen molar-refractivity contribution in [1.29, 1.82) is 0 Å². The number of pyridine rings is 1. The summed E-state index contributed by atoms with van der Waals surface area (Å²) >= 11 is 0. The second-order valence-electron chi connectivity index (χ2n) is 4.24. The molecule has 7 heteroatoms. The third-order valence-electron chi connectivity index (χ3n) is 2.75. The topological polar surface area (TPSA) is 94.4 Å². The van der Waals surface area contributed by atoms with Gasteiger partial charge in [0.05, 0.1) is 11.5 Å². The highest BCUT2D eigenvalue weighted by molar-refractivity contribution is 6.05. The van der Waals surface area contributed by atoms with Gasteiger partial charge in [0.25, 0.3) is 5.91 Å². The number of anilines is 1. The number of carbonyl (C=O) groups excluding carboxylic acids is 1. The average molecular weight is 287 g/mol. The Morgan fingerprint density at radius 1 is 1.43 bits per heavy atom. The molecule has 1 aromatic heterocycles. The Hall–Kier alpha value is -2.80. The summed E-state index contributed by atoms with van der Waals surface area (Å²) in [5.41, 5.74) is 1.10. The van der Waals surface area contributed by atoms with Crippen molar-refractivity contribution in [3.63, 3.8) is 0 Å². The van der Waals surface area contributed by atoms with Crippen molar-refractivity contribution in [2.75, 3.05) is 12.4 Å². The lowest BCUT2D eigenvalue weighted by atomic mass is 10.1. The Bertz CT molecular complexity index is 673. The van der Waals surface area contributed by atoms with E-state index < -0.39 is 10.8 Å². The van der Waals surface area contributed by atoms with Gasteiger partial charge in [0.1, 0.15) is 11.9 Å². The summed E-state index contributed by atoms with van der Waals surface area (Å²) in [6.07, 6.45) is 2.47. The summed E-state index contributed by atoms with van der Waals surface area (Å²) in [6.45, 7) is 0.385. The van der Waals surface area contributed by atoms with Crippen LogP contribution in [-0.2, 0) is 11.3 Å². The average Bonchev–Trinajstić information content (AvgIpc) is 2.48. The van der Waals surface area contributed by atoms with Crippen molar-refractivity contribution < 1.29 is 14.5 Å². The number of benzene rings is 1. The summed E-state index contributed by atoms with van der Waals surface area (Å²) in [4.78, 5) is 26.1. The number of aromatic nitrogens is 1. The molecule has 21 heavy (non-hydrogen) atoms. The molecule has 2 rings (SSSR count). The number of hydrogen-bond donors (Lipinski definition) is 1. The van der Waals surface area contributed by atoms with Crippen LogP contribution < -0.4 is 5.32 Å². The Morgan fingerprint density at radius 2 is 2.24 bits per heavy atom. The van der Waals surface area contributed by atoms with Crippen LogP contribution in [0.25, 0.3) is 0 Å². The molecular formula is C14H13N3O4. The molecule has 1 amide bonds. The molecule has 0 aliphatic rings. The minimum absolute atomic E-state index is 0.108. The lowest BCUT2D eigenvalue weighted by Gasteiger charge is -2.07. The molecule has 0 atom stereocenters. The van der Waals surface area contributed by atoms with Gasteiger partial charge >= 0.3 is 5.69 Å². The number of amides is 1. The molecule has 0 aliphatic heterocycles. The van der Waals surface area contributed by atoms with Gasteiger partial charge in [0.15, 0.2) is 0 Å². The molecule has 0 spiro atoms. The number of rotatable bonds is 5. The second kappa shape index (κ2) is 6.58. The van der Waals surface area contributed by atoms with E-state index in [1.807, 2.05) is 6.07 Å². The maximum absolute atomic E-state index is 12.2. The smallest absolute Gasteiger partial charge is 0.310 e. The summed E-state index contributed by atoms with van der Waals surface area (Å²) in [7, 11) is 1.56. The minimum Gasteiger partial charge on any atom is -0.380 e. The maximum Gasteiger partial charge on any atom is 0.310 e. The van der Waals surface area contributed by atoms with Gasteiger partial charge in [-0.3, -0.25) is 19.9 Å². The molecule has 0 radical (unpaired) electrons. The number of nitrogens with one attached hydrogen (secondary N) is 1. The third-order valence-corrected chi connectivity index (χ3v) is 2.75. The van der Waals surface area contributed by atoms with E-state index >= 15 is 0 Å². The molecule has 2 aromatic rings. The first kappa shape index (κ1) is 14.6. The van der Waals surface area contributed by atoms with Crippen LogP contribution in [0.15, 0.2) is 42.7 Å². The largest absolute Gasteiger partial charge is 0.380 e. The maximum atomic E-state index is 12.2. The van der Waals surface area contributed by atoms with Crippen LogP contribution in [0.3, 0.4) is 0 Å². The van der Waals surface area contributed by atoms with Crippen LogP contribution in [0.2, 0.25) is 0 Å². The zero-order valence-electron chi connectivity index (χ0n) is 11.3. The molecule has 108 valence electrons. The quantitative estimate of drug-likeness (QED) is 0.673. The fourth-order valence-corrected chi connectivity index (χ4v) is 1.80. The van der Waals surface area contributed by atoms with Gasteiger partial charge in [-0.05, 0) is 23.8 Å². The molecule has 7 nitrogen and oxygen atoms in total. The van der Waals surface area contributed by atoms with Gasteiger partial charge in [-0.1, -0.05) is 12.1 Å². The van der Waals surface area contributed by atoms with Crippen molar-refractivity contribution in [3.8, 4) is 0 Å². The summed E-state index contributed by atoms with van der Waals surface area (Å²) in [5, 5.41) is 13.4. The predicted octanol–water partition coefficient (Wildman–Crippen LogP) is 2.39. The molecular weight excluding hydrogens is 274 g/mol. The number of ether oxygens (including phenoxy) is 1. The zero-order valence-corrected chi connectivity index (χ0v) is 11.3. The standard InChI is InChI=1S/C14H13N3O4/c1-21-9-10-3-2-4-11(7-10)14(18)16-12-5-6-15-8-13(12)17(19)20/h2-8H,9H2,1H3,(H,15,16,18). The first-order valence-corrected chi connectivity index (χ1v) is 6.09. The Balaban J connectivity index is 2.22. The van der Waals surface area contributed by atoms with Crippen LogP contribution in [0.5, 0.6) is 0 Å². The first-order chi connectivity index (χ1) is 10.1. The van der Waals surface area contributed by atoms with E-state index in [2.05, 4.69) is 10.3 Å². The van der Waals surface area contributed by atoms with Crippen molar-refractivity contribution >= 4 is 17.3 Å². The fraction of sp³-hybridized carbons (Fsp3) is 0.143. The lowest BCUT2D eigenvalue weighted by molar-refractivity contribution is -0.384. The highest BCUT2D eigenvalue weighted by Crippen LogP contribution is 2.22. The normalized spacial score (nSPS) is 10.1.